The minimum atomic E-state index is 0.899. The minimum Gasteiger partial charge on any atom is -0.455 e. The SMILES string of the molecule is C1=CC(c2ccc(N(c3ccc(-c4ccccc4)cc3)c3ccc(-c4ccc(-c5ccccc5-n5c6cc(-c7ccccc7)ccc6c6ccc(-c7cccc8c7oc7ccccc78)cc65)cc4)cc3)cc2)=CCC1. The number of para-hydroxylation sites is 3. The van der Waals surface area contributed by atoms with E-state index in [0.717, 1.165) is 102 Å². The summed E-state index contributed by atoms with van der Waals surface area (Å²) in [5.41, 5.74) is 22.7. The molecular formula is C72H50N2O. The van der Waals surface area contributed by atoms with Crippen LogP contribution in [0.3, 0.4) is 0 Å². The van der Waals surface area contributed by atoms with Gasteiger partial charge in [-0.05, 0) is 129 Å². The largest absolute Gasteiger partial charge is 0.455 e. The van der Waals surface area contributed by atoms with Crippen molar-refractivity contribution in [1.82, 2.24) is 4.57 Å². The van der Waals surface area contributed by atoms with Crippen LogP contribution in [0.4, 0.5) is 17.1 Å². The second-order valence-electron chi connectivity index (χ2n) is 19.5. The molecular weight excluding hydrogens is 909 g/mol. The van der Waals surface area contributed by atoms with E-state index in [4.69, 9.17) is 4.42 Å². The Bertz CT molecular complexity index is 4290. The summed E-state index contributed by atoms with van der Waals surface area (Å²) in [6.45, 7) is 0. The van der Waals surface area contributed by atoms with Crippen LogP contribution in [0.25, 0.3) is 111 Å². The summed E-state index contributed by atoms with van der Waals surface area (Å²) in [5.74, 6) is 0. The Morgan fingerprint density at radius 1 is 0.333 bits per heavy atom. The summed E-state index contributed by atoms with van der Waals surface area (Å²) >= 11 is 0. The average molecular weight is 959 g/mol. The zero-order valence-electron chi connectivity index (χ0n) is 41.3. The van der Waals surface area contributed by atoms with Crippen molar-refractivity contribution in [3.63, 3.8) is 0 Å². The van der Waals surface area contributed by atoms with E-state index in [1.54, 1.807) is 0 Å². The third-order valence-electron chi connectivity index (χ3n) is 15.1. The lowest BCUT2D eigenvalue weighted by molar-refractivity contribution is 0.670. The van der Waals surface area contributed by atoms with Crippen LogP contribution in [0.5, 0.6) is 0 Å². The zero-order chi connectivity index (χ0) is 49.7. The van der Waals surface area contributed by atoms with Crippen LogP contribution in [0.2, 0.25) is 0 Å². The topological polar surface area (TPSA) is 21.3 Å². The Hall–Kier alpha value is -9.70. The molecule has 0 amide bonds. The highest BCUT2D eigenvalue weighted by Gasteiger charge is 2.20. The smallest absolute Gasteiger partial charge is 0.143 e. The predicted molar refractivity (Wildman–Crippen MR) is 316 cm³/mol. The Morgan fingerprint density at radius 2 is 0.813 bits per heavy atom. The third-order valence-corrected chi connectivity index (χ3v) is 15.1. The molecule has 0 saturated heterocycles. The van der Waals surface area contributed by atoms with E-state index < -0.39 is 0 Å². The number of aromatic nitrogens is 1. The number of anilines is 3. The standard InChI is InChI=1S/C72H50N2O/c1-4-15-49(16-5-1)53-31-39-59(40-32-53)73(60-41-33-54(34-42-60)50-17-6-2-7-18-50)61-43-35-55(36-44-61)52-27-29-56(30-28-52)62-21-10-12-25-68(62)74-69-47-57(51-19-8-3-9-20-51)37-45-64(69)65-46-38-58(48-70(65)74)63-23-14-24-67-66-22-11-13-26-71(66)75-72(63)67/h1,3-6,8-48H,2,7H2. The van der Waals surface area contributed by atoms with Crippen LogP contribution in [0.1, 0.15) is 18.4 Å². The second kappa shape index (κ2) is 18.7. The van der Waals surface area contributed by atoms with Gasteiger partial charge in [0.05, 0.1) is 16.7 Å². The van der Waals surface area contributed by atoms with Gasteiger partial charge >= 0.3 is 0 Å². The van der Waals surface area contributed by atoms with Gasteiger partial charge in [0.2, 0.25) is 0 Å². The third kappa shape index (κ3) is 8.03. The Balaban J connectivity index is 0.834. The van der Waals surface area contributed by atoms with E-state index in [0.29, 0.717) is 0 Å². The second-order valence-corrected chi connectivity index (χ2v) is 19.5. The summed E-state index contributed by atoms with van der Waals surface area (Å²) in [6, 6.07) is 94.7. The summed E-state index contributed by atoms with van der Waals surface area (Å²) in [6.07, 6.45) is 9.05. The zero-order valence-corrected chi connectivity index (χ0v) is 41.3. The van der Waals surface area contributed by atoms with E-state index in [1.165, 1.54) is 44.2 Å². The van der Waals surface area contributed by atoms with Crippen molar-refractivity contribution in [3.8, 4) is 61.3 Å². The summed E-state index contributed by atoms with van der Waals surface area (Å²) in [7, 11) is 0. The molecule has 0 fully saturated rings. The molecule has 0 bridgehead atoms. The molecule has 1 aliphatic rings. The molecule has 2 heterocycles. The molecule has 1 aliphatic carbocycles. The van der Waals surface area contributed by atoms with Gasteiger partial charge in [-0.15, -0.1) is 0 Å². The van der Waals surface area contributed by atoms with Gasteiger partial charge in [0.15, 0.2) is 0 Å². The van der Waals surface area contributed by atoms with Crippen molar-refractivity contribution in [2.45, 2.75) is 12.8 Å². The highest BCUT2D eigenvalue weighted by Crippen LogP contribution is 2.43. The predicted octanol–water partition coefficient (Wildman–Crippen LogP) is 20.2. The van der Waals surface area contributed by atoms with Crippen molar-refractivity contribution >= 4 is 66.4 Å². The van der Waals surface area contributed by atoms with E-state index >= 15 is 0 Å². The van der Waals surface area contributed by atoms with Crippen LogP contribution in [-0.4, -0.2) is 4.57 Å². The van der Waals surface area contributed by atoms with E-state index in [2.05, 4.69) is 282 Å². The van der Waals surface area contributed by atoms with Crippen LogP contribution >= 0.6 is 0 Å². The first-order valence-corrected chi connectivity index (χ1v) is 26.0. The van der Waals surface area contributed by atoms with Crippen molar-refractivity contribution < 1.29 is 4.42 Å². The fourth-order valence-electron chi connectivity index (χ4n) is 11.3. The van der Waals surface area contributed by atoms with Crippen molar-refractivity contribution in [2.75, 3.05) is 4.90 Å². The Morgan fingerprint density at radius 3 is 1.45 bits per heavy atom. The lowest BCUT2D eigenvalue weighted by atomic mass is 9.98. The summed E-state index contributed by atoms with van der Waals surface area (Å²) in [5, 5.41) is 4.67. The highest BCUT2D eigenvalue weighted by molar-refractivity contribution is 6.14. The minimum absolute atomic E-state index is 0.899. The molecule has 0 spiro atoms. The molecule has 13 aromatic rings. The molecule has 11 aromatic carbocycles. The molecule has 354 valence electrons. The maximum absolute atomic E-state index is 6.59. The maximum atomic E-state index is 6.59. The number of fused-ring (bicyclic) bond motifs is 6. The lowest BCUT2D eigenvalue weighted by Gasteiger charge is -2.26. The molecule has 2 aromatic heterocycles. The first-order valence-electron chi connectivity index (χ1n) is 26.0. The van der Waals surface area contributed by atoms with E-state index in [-0.39, 0.29) is 0 Å². The van der Waals surface area contributed by atoms with Gasteiger partial charge in [-0.1, -0.05) is 218 Å². The molecule has 75 heavy (non-hydrogen) atoms. The molecule has 3 heteroatoms. The van der Waals surface area contributed by atoms with Crippen LogP contribution in [0.15, 0.2) is 283 Å². The highest BCUT2D eigenvalue weighted by atomic mass is 16.3. The number of allylic oxidation sites excluding steroid dienone is 4. The van der Waals surface area contributed by atoms with E-state index in [9.17, 15) is 0 Å². The normalized spacial score (nSPS) is 12.5. The quantitative estimate of drug-likeness (QED) is 0.136. The molecule has 0 aliphatic heterocycles. The number of rotatable bonds is 10. The fraction of sp³-hybridized carbons (Fsp3) is 0.0278. The first kappa shape index (κ1) is 44.0. The fourth-order valence-corrected chi connectivity index (χ4v) is 11.3. The van der Waals surface area contributed by atoms with E-state index in [1.807, 2.05) is 6.07 Å². The summed E-state index contributed by atoms with van der Waals surface area (Å²) < 4.78 is 9.06. The van der Waals surface area contributed by atoms with Crippen LogP contribution in [-0.2, 0) is 0 Å². The average Bonchev–Trinajstić information content (AvgIpc) is 4.07. The van der Waals surface area contributed by atoms with Crippen molar-refractivity contribution in [1.29, 1.82) is 0 Å². The number of hydrogen-bond donors (Lipinski definition) is 0. The molecule has 0 saturated carbocycles. The van der Waals surface area contributed by atoms with Crippen molar-refractivity contribution in [3.05, 3.63) is 285 Å². The van der Waals surface area contributed by atoms with Gasteiger partial charge < -0.3 is 13.9 Å². The van der Waals surface area contributed by atoms with Gasteiger partial charge in [-0.25, -0.2) is 0 Å². The van der Waals surface area contributed by atoms with Crippen LogP contribution < -0.4 is 4.90 Å². The molecule has 14 rings (SSSR count). The molecule has 0 N–H and O–H groups in total. The van der Waals surface area contributed by atoms with Gasteiger partial charge in [0.1, 0.15) is 11.2 Å². The van der Waals surface area contributed by atoms with Crippen LogP contribution in [0, 0.1) is 0 Å². The summed E-state index contributed by atoms with van der Waals surface area (Å²) in [4.78, 5) is 2.35. The molecule has 3 nitrogen and oxygen atoms in total. The number of benzene rings is 11. The monoisotopic (exact) mass is 958 g/mol. The Labute approximate surface area is 436 Å². The van der Waals surface area contributed by atoms with Gasteiger partial charge in [-0.3, -0.25) is 0 Å². The van der Waals surface area contributed by atoms with Crippen molar-refractivity contribution in [2.24, 2.45) is 0 Å². The lowest BCUT2D eigenvalue weighted by Crippen LogP contribution is -2.10. The van der Waals surface area contributed by atoms with Gasteiger partial charge in [0.25, 0.3) is 0 Å². The molecule has 0 unspecified atom stereocenters. The molecule has 0 atom stereocenters. The van der Waals surface area contributed by atoms with Gasteiger partial charge in [-0.2, -0.15) is 0 Å². The Kier molecular flexibility index (Phi) is 11.0. The number of hydrogen-bond acceptors (Lipinski definition) is 2. The van der Waals surface area contributed by atoms with Gasteiger partial charge in [0, 0.05) is 49.7 Å². The number of nitrogens with zero attached hydrogens (tertiary/aromatic N) is 2. The molecule has 0 radical (unpaired) electrons. The first-order chi connectivity index (χ1) is 37.2. The number of furan rings is 1. The maximum Gasteiger partial charge on any atom is 0.143 e.